The van der Waals surface area contributed by atoms with E-state index in [0.717, 1.165) is 4.68 Å². The maximum absolute atomic E-state index is 12.7. The molecule has 0 saturated heterocycles. The zero-order valence-corrected chi connectivity index (χ0v) is 13.5. The Kier molecular flexibility index (Phi) is 4.30. The van der Waals surface area contributed by atoms with Crippen LogP contribution in [0.4, 0.5) is 0 Å². The summed E-state index contributed by atoms with van der Waals surface area (Å²) in [5.74, 6) is -1.27. The number of nitrogens with one attached hydrogen (secondary N) is 1. The number of primary amides is 1. The first-order valence-electron chi connectivity index (χ1n) is 7.60. The first-order valence-corrected chi connectivity index (χ1v) is 7.60. The molecule has 1 atom stereocenters. The molecule has 2 aromatic carbocycles. The van der Waals surface area contributed by atoms with Crippen molar-refractivity contribution in [1.29, 1.82) is 0 Å². The molecule has 25 heavy (non-hydrogen) atoms. The molecule has 1 heterocycles. The quantitative estimate of drug-likeness (QED) is 0.738. The number of benzene rings is 2. The molecule has 0 spiro atoms. The standard InChI is InChI=1S/C18H16N4O3/c1-22-18(25)13-10-6-5-9-12(13)15(21-22)17(24)20-14(16(19)23)11-7-3-2-4-8-11/h2-10,14H,1H3,(H2,19,23)(H,20,24). The lowest BCUT2D eigenvalue weighted by Crippen LogP contribution is -2.38. The molecule has 1 unspecified atom stereocenters. The predicted octanol–water partition coefficient (Wildman–Crippen LogP) is 0.890. The van der Waals surface area contributed by atoms with E-state index in [1.165, 1.54) is 7.05 Å². The summed E-state index contributed by atoms with van der Waals surface area (Å²) in [7, 11) is 1.47. The number of amides is 2. The Labute approximate surface area is 143 Å². The molecule has 0 aliphatic heterocycles. The second-order valence-electron chi connectivity index (χ2n) is 5.54. The number of aryl methyl sites for hydroxylation is 1. The lowest BCUT2D eigenvalue weighted by Gasteiger charge is -2.16. The fourth-order valence-electron chi connectivity index (χ4n) is 2.63. The number of nitrogens with two attached hydrogens (primary N) is 1. The molecule has 126 valence electrons. The molecule has 0 radical (unpaired) electrons. The SMILES string of the molecule is Cn1nc(C(=O)NC(C(N)=O)c2ccccc2)c2ccccc2c1=O. The highest BCUT2D eigenvalue weighted by Gasteiger charge is 2.23. The van der Waals surface area contributed by atoms with Gasteiger partial charge >= 0.3 is 0 Å². The highest BCUT2D eigenvalue weighted by atomic mass is 16.2. The summed E-state index contributed by atoms with van der Waals surface area (Å²) in [6.45, 7) is 0. The zero-order valence-electron chi connectivity index (χ0n) is 13.5. The molecule has 3 N–H and O–H groups in total. The Morgan fingerprint density at radius 2 is 1.64 bits per heavy atom. The third-order valence-electron chi connectivity index (χ3n) is 3.86. The number of carbonyl (C=O) groups excluding carboxylic acids is 2. The van der Waals surface area contributed by atoms with Gasteiger partial charge < -0.3 is 11.1 Å². The number of aromatic nitrogens is 2. The second-order valence-corrected chi connectivity index (χ2v) is 5.54. The van der Waals surface area contributed by atoms with Crippen molar-refractivity contribution < 1.29 is 9.59 Å². The monoisotopic (exact) mass is 336 g/mol. The number of rotatable bonds is 4. The molecule has 3 aromatic rings. The van der Waals surface area contributed by atoms with Crippen molar-refractivity contribution in [3.05, 3.63) is 76.2 Å². The first-order chi connectivity index (χ1) is 12.0. The van der Waals surface area contributed by atoms with Gasteiger partial charge in [0, 0.05) is 12.4 Å². The topological polar surface area (TPSA) is 107 Å². The van der Waals surface area contributed by atoms with E-state index in [1.54, 1.807) is 54.6 Å². The maximum atomic E-state index is 12.7. The second kappa shape index (κ2) is 6.56. The number of fused-ring (bicyclic) bond motifs is 1. The van der Waals surface area contributed by atoms with Crippen LogP contribution in [0.15, 0.2) is 59.4 Å². The van der Waals surface area contributed by atoms with Gasteiger partial charge in [0.05, 0.1) is 5.39 Å². The summed E-state index contributed by atoms with van der Waals surface area (Å²) < 4.78 is 1.10. The molecule has 2 amide bonds. The van der Waals surface area contributed by atoms with Gasteiger partial charge in [0.2, 0.25) is 5.91 Å². The third kappa shape index (κ3) is 3.12. The van der Waals surface area contributed by atoms with Crippen LogP contribution in [0.25, 0.3) is 10.8 Å². The van der Waals surface area contributed by atoms with Crippen molar-refractivity contribution in [2.75, 3.05) is 0 Å². The Hall–Kier alpha value is -3.48. The zero-order chi connectivity index (χ0) is 18.0. The summed E-state index contributed by atoms with van der Waals surface area (Å²) in [5, 5.41) is 7.43. The average Bonchev–Trinajstić information content (AvgIpc) is 2.63. The van der Waals surface area contributed by atoms with Gasteiger partial charge in [-0.2, -0.15) is 5.10 Å². The maximum Gasteiger partial charge on any atom is 0.274 e. The molecular formula is C18H16N4O3. The van der Waals surface area contributed by atoms with Crippen molar-refractivity contribution in [3.63, 3.8) is 0 Å². The van der Waals surface area contributed by atoms with Gasteiger partial charge in [0.1, 0.15) is 6.04 Å². The van der Waals surface area contributed by atoms with Crippen LogP contribution in [0.1, 0.15) is 22.1 Å². The Bertz CT molecular complexity index is 1010. The van der Waals surface area contributed by atoms with Gasteiger partial charge in [-0.05, 0) is 11.6 Å². The molecule has 0 fully saturated rings. The molecule has 0 aliphatic carbocycles. The van der Waals surface area contributed by atoms with E-state index in [-0.39, 0.29) is 11.3 Å². The number of carbonyl (C=O) groups is 2. The summed E-state index contributed by atoms with van der Waals surface area (Å²) >= 11 is 0. The molecule has 1 aromatic heterocycles. The molecule has 0 saturated carbocycles. The Morgan fingerprint density at radius 3 is 2.28 bits per heavy atom. The minimum Gasteiger partial charge on any atom is -0.368 e. The van der Waals surface area contributed by atoms with Crippen LogP contribution < -0.4 is 16.6 Å². The van der Waals surface area contributed by atoms with E-state index in [0.29, 0.717) is 16.3 Å². The Balaban J connectivity index is 2.04. The largest absolute Gasteiger partial charge is 0.368 e. The van der Waals surface area contributed by atoms with Gasteiger partial charge in [-0.1, -0.05) is 48.5 Å². The van der Waals surface area contributed by atoms with Crippen molar-refractivity contribution in [1.82, 2.24) is 15.1 Å². The van der Waals surface area contributed by atoms with E-state index in [9.17, 15) is 14.4 Å². The fraction of sp³-hybridized carbons (Fsp3) is 0.111. The lowest BCUT2D eigenvalue weighted by atomic mass is 10.1. The number of hydrogen-bond acceptors (Lipinski definition) is 4. The molecular weight excluding hydrogens is 320 g/mol. The van der Waals surface area contributed by atoms with Crippen LogP contribution >= 0.6 is 0 Å². The smallest absolute Gasteiger partial charge is 0.274 e. The van der Waals surface area contributed by atoms with Gasteiger partial charge in [0.25, 0.3) is 11.5 Å². The van der Waals surface area contributed by atoms with Crippen molar-refractivity contribution in [2.45, 2.75) is 6.04 Å². The van der Waals surface area contributed by atoms with Crippen LogP contribution in [-0.2, 0) is 11.8 Å². The predicted molar refractivity (Wildman–Crippen MR) is 92.8 cm³/mol. The molecule has 0 aliphatic rings. The van der Waals surface area contributed by atoms with E-state index in [4.69, 9.17) is 5.73 Å². The fourth-order valence-corrected chi connectivity index (χ4v) is 2.63. The van der Waals surface area contributed by atoms with Gasteiger partial charge in [-0.25, -0.2) is 4.68 Å². The average molecular weight is 336 g/mol. The van der Waals surface area contributed by atoms with E-state index >= 15 is 0 Å². The highest BCUT2D eigenvalue weighted by molar-refractivity contribution is 6.06. The van der Waals surface area contributed by atoms with Crippen LogP contribution in [0, 0.1) is 0 Å². The third-order valence-corrected chi connectivity index (χ3v) is 3.86. The van der Waals surface area contributed by atoms with E-state index in [1.807, 2.05) is 0 Å². The van der Waals surface area contributed by atoms with Gasteiger partial charge in [-0.15, -0.1) is 0 Å². The van der Waals surface area contributed by atoms with Gasteiger partial charge in [0.15, 0.2) is 5.69 Å². The molecule has 7 heteroatoms. The summed E-state index contributed by atoms with van der Waals surface area (Å²) in [5.41, 5.74) is 5.75. The van der Waals surface area contributed by atoms with Crippen molar-refractivity contribution >= 4 is 22.6 Å². The summed E-state index contributed by atoms with van der Waals surface area (Å²) in [6.07, 6.45) is 0. The van der Waals surface area contributed by atoms with E-state index in [2.05, 4.69) is 10.4 Å². The van der Waals surface area contributed by atoms with Crippen LogP contribution in [0.2, 0.25) is 0 Å². The van der Waals surface area contributed by atoms with Gasteiger partial charge in [-0.3, -0.25) is 14.4 Å². The summed E-state index contributed by atoms with van der Waals surface area (Å²) in [6, 6.07) is 14.4. The highest BCUT2D eigenvalue weighted by Crippen LogP contribution is 2.16. The van der Waals surface area contributed by atoms with E-state index < -0.39 is 17.9 Å². The minimum absolute atomic E-state index is 0.0554. The van der Waals surface area contributed by atoms with Crippen LogP contribution in [0.5, 0.6) is 0 Å². The normalized spacial score (nSPS) is 11.9. The minimum atomic E-state index is -0.994. The summed E-state index contributed by atoms with van der Waals surface area (Å²) in [4.78, 5) is 36.6. The van der Waals surface area contributed by atoms with Crippen LogP contribution in [0.3, 0.4) is 0 Å². The lowest BCUT2D eigenvalue weighted by molar-refractivity contribution is -0.120. The molecule has 3 rings (SSSR count). The Morgan fingerprint density at radius 1 is 1.04 bits per heavy atom. The van der Waals surface area contributed by atoms with Crippen molar-refractivity contribution in [2.24, 2.45) is 12.8 Å². The number of nitrogens with zero attached hydrogens (tertiary/aromatic N) is 2. The molecule has 0 bridgehead atoms. The van der Waals surface area contributed by atoms with Crippen LogP contribution in [-0.4, -0.2) is 21.6 Å². The van der Waals surface area contributed by atoms with Crippen molar-refractivity contribution in [3.8, 4) is 0 Å². The molecule has 7 nitrogen and oxygen atoms in total. The first kappa shape index (κ1) is 16.4. The number of hydrogen-bond donors (Lipinski definition) is 2.